The summed E-state index contributed by atoms with van der Waals surface area (Å²) in [6.45, 7) is 7.42. The zero-order chi connectivity index (χ0) is 14.7. The fourth-order valence-electron chi connectivity index (χ4n) is 3.32. The molecule has 0 bridgehead atoms. The van der Waals surface area contributed by atoms with E-state index in [0.717, 1.165) is 36.8 Å². The first-order valence-electron chi connectivity index (χ1n) is 8.14. The van der Waals surface area contributed by atoms with E-state index in [2.05, 4.69) is 22.2 Å². The molecule has 0 spiro atoms. The van der Waals surface area contributed by atoms with Crippen LogP contribution in [0.2, 0.25) is 0 Å². The summed E-state index contributed by atoms with van der Waals surface area (Å²) < 4.78 is 0. The lowest BCUT2D eigenvalue weighted by atomic mass is 10.00. The van der Waals surface area contributed by atoms with Gasteiger partial charge in [0.15, 0.2) is 0 Å². The Bertz CT molecular complexity index is 482. The highest BCUT2D eigenvalue weighted by molar-refractivity contribution is 7.09. The third kappa shape index (κ3) is 4.04. The number of rotatable bonds is 4. The lowest BCUT2D eigenvalue weighted by Gasteiger charge is -2.30. The molecule has 1 aromatic heterocycles. The molecule has 5 heteroatoms. The molecule has 2 aliphatic heterocycles. The topological polar surface area (TPSA) is 36.4 Å². The first-order chi connectivity index (χ1) is 10.2. The smallest absolute Gasteiger partial charge is 0.228 e. The summed E-state index contributed by atoms with van der Waals surface area (Å²) in [5, 5.41) is 3.23. The number of carbonyl (C=O) groups excluding carboxylic acids is 1. The summed E-state index contributed by atoms with van der Waals surface area (Å²) in [5.74, 6) is 0.892. The molecule has 0 aliphatic carbocycles. The number of aromatic nitrogens is 1. The fourth-order valence-corrected chi connectivity index (χ4v) is 4.15. The molecule has 0 N–H and O–H groups in total. The first kappa shape index (κ1) is 15.0. The van der Waals surface area contributed by atoms with Crippen LogP contribution in [0.1, 0.15) is 43.3 Å². The molecule has 2 aliphatic rings. The molecule has 1 aromatic rings. The van der Waals surface area contributed by atoms with Crippen molar-refractivity contribution >= 4 is 17.2 Å². The first-order valence-corrected chi connectivity index (χ1v) is 9.02. The van der Waals surface area contributed by atoms with Gasteiger partial charge in [-0.25, -0.2) is 4.98 Å². The number of amides is 1. The van der Waals surface area contributed by atoms with Crippen LogP contribution in [0.25, 0.3) is 0 Å². The van der Waals surface area contributed by atoms with Gasteiger partial charge in [0, 0.05) is 18.5 Å². The largest absolute Gasteiger partial charge is 0.342 e. The van der Waals surface area contributed by atoms with Crippen LogP contribution in [-0.4, -0.2) is 46.9 Å². The lowest BCUT2D eigenvalue weighted by molar-refractivity contribution is -0.132. The van der Waals surface area contributed by atoms with E-state index in [1.54, 1.807) is 11.3 Å². The molecule has 3 heterocycles. The molecule has 2 fully saturated rings. The SMILES string of the molecule is CC1CCCN(C(=O)Cc2csc(CN3CCCC3)n2)C1. The zero-order valence-electron chi connectivity index (χ0n) is 12.9. The van der Waals surface area contributed by atoms with Crippen molar-refractivity contribution in [2.75, 3.05) is 26.2 Å². The molecule has 1 amide bonds. The molecular formula is C16H25N3OS. The third-order valence-corrected chi connectivity index (χ3v) is 5.38. The second-order valence-electron chi connectivity index (χ2n) is 6.48. The summed E-state index contributed by atoms with van der Waals surface area (Å²) in [5.41, 5.74) is 0.956. The van der Waals surface area contributed by atoms with Gasteiger partial charge in [0.1, 0.15) is 5.01 Å². The Morgan fingerprint density at radius 3 is 2.90 bits per heavy atom. The monoisotopic (exact) mass is 307 g/mol. The molecule has 0 aromatic carbocycles. The van der Waals surface area contributed by atoms with Crippen molar-refractivity contribution in [1.29, 1.82) is 0 Å². The number of hydrogen-bond acceptors (Lipinski definition) is 4. The molecule has 21 heavy (non-hydrogen) atoms. The third-order valence-electron chi connectivity index (χ3n) is 4.50. The summed E-state index contributed by atoms with van der Waals surface area (Å²) in [6, 6.07) is 0. The summed E-state index contributed by atoms with van der Waals surface area (Å²) in [7, 11) is 0. The molecule has 0 saturated carbocycles. The summed E-state index contributed by atoms with van der Waals surface area (Å²) in [4.78, 5) is 21.5. The Kier molecular flexibility index (Phi) is 4.91. The van der Waals surface area contributed by atoms with Gasteiger partial charge < -0.3 is 4.90 Å². The standard InChI is InChI=1S/C16H25N3OS/c1-13-5-4-8-19(10-13)16(20)9-14-12-21-15(17-14)11-18-6-2-3-7-18/h12-13H,2-11H2,1H3. The van der Waals surface area contributed by atoms with E-state index in [0.29, 0.717) is 12.3 Å². The maximum Gasteiger partial charge on any atom is 0.228 e. The highest BCUT2D eigenvalue weighted by atomic mass is 32.1. The molecule has 1 unspecified atom stereocenters. The molecule has 3 rings (SSSR count). The maximum atomic E-state index is 12.3. The van der Waals surface area contributed by atoms with Crippen LogP contribution in [0.15, 0.2) is 5.38 Å². The van der Waals surface area contributed by atoms with E-state index in [1.807, 2.05) is 4.90 Å². The van der Waals surface area contributed by atoms with E-state index >= 15 is 0 Å². The maximum absolute atomic E-state index is 12.3. The van der Waals surface area contributed by atoms with Gasteiger partial charge in [-0.05, 0) is 44.7 Å². The predicted molar refractivity (Wildman–Crippen MR) is 85.3 cm³/mol. The van der Waals surface area contributed by atoms with Crippen LogP contribution in [0.4, 0.5) is 0 Å². The van der Waals surface area contributed by atoms with Crippen molar-refractivity contribution in [1.82, 2.24) is 14.8 Å². The molecule has 1 atom stereocenters. The zero-order valence-corrected chi connectivity index (χ0v) is 13.7. The Balaban J connectivity index is 1.52. The fraction of sp³-hybridized carbons (Fsp3) is 0.750. The minimum atomic E-state index is 0.250. The minimum Gasteiger partial charge on any atom is -0.342 e. The van der Waals surface area contributed by atoms with Gasteiger partial charge in [0.05, 0.1) is 18.7 Å². The quantitative estimate of drug-likeness (QED) is 0.858. The van der Waals surface area contributed by atoms with Gasteiger partial charge in [-0.3, -0.25) is 9.69 Å². The van der Waals surface area contributed by atoms with Crippen LogP contribution < -0.4 is 0 Å². The molecular weight excluding hydrogens is 282 g/mol. The van der Waals surface area contributed by atoms with Crippen molar-refractivity contribution < 1.29 is 4.79 Å². The lowest BCUT2D eigenvalue weighted by Crippen LogP contribution is -2.39. The Labute approximate surface area is 131 Å². The number of likely N-dealkylation sites (tertiary alicyclic amines) is 2. The van der Waals surface area contributed by atoms with Crippen LogP contribution >= 0.6 is 11.3 Å². The highest BCUT2D eigenvalue weighted by Crippen LogP contribution is 2.19. The van der Waals surface area contributed by atoms with Gasteiger partial charge in [-0.15, -0.1) is 11.3 Å². The Morgan fingerprint density at radius 1 is 1.33 bits per heavy atom. The summed E-state index contributed by atoms with van der Waals surface area (Å²) >= 11 is 1.70. The highest BCUT2D eigenvalue weighted by Gasteiger charge is 2.22. The van der Waals surface area contributed by atoms with Crippen molar-refractivity contribution in [3.63, 3.8) is 0 Å². The second kappa shape index (κ2) is 6.88. The van der Waals surface area contributed by atoms with Crippen LogP contribution in [0, 0.1) is 5.92 Å². The molecule has 0 radical (unpaired) electrons. The Hall–Kier alpha value is -0.940. The molecule has 116 valence electrons. The number of thiazole rings is 1. The molecule has 4 nitrogen and oxygen atoms in total. The average Bonchev–Trinajstić information content (AvgIpc) is 3.11. The van der Waals surface area contributed by atoms with Gasteiger partial charge in [0.2, 0.25) is 5.91 Å². The second-order valence-corrected chi connectivity index (χ2v) is 7.42. The van der Waals surface area contributed by atoms with Crippen molar-refractivity contribution in [3.05, 3.63) is 16.1 Å². The van der Waals surface area contributed by atoms with Gasteiger partial charge in [-0.2, -0.15) is 0 Å². The number of carbonyl (C=O) groups is 1. The number of piperidine rings is 1. The van der Waals surface area contributed by atoms with Crippen molar-refractivity contribution in [2.24, 2.45) is 5.92 Å². The normalized spacial score (nSPS) is 23.7. The van der Waals surface area contributed by atoms with Gasteiger partial charge in [-0.1, -0.05) is 6.92 Å². The van der Waals surface area contributed by atoms with E-state index in [-0.39, 0.29) is 5.91 Å². The number of hydrogen-bond donors (Lipinski definition) is 0. The summed E-state index contributed by atoms with van der Waals surface area (Å²) in [6.07, 6.45) is 5.49. The van der Waals surface area contributed by atoms with E-state index in [4.69, 9.17) is 0 Å². The van der Waals surface area contributed by atoms with Gasteiger partial charge in [0.25, 0.3) is 0 Å². The average molecular weight is 307 g/mol. The minimum absolute atomic E-state index is 0.250. The van der Waals surface area contributed by atoms with Crippen LogP contribution in [0.5, 0.6) is 0 Å². The van der Waals surface area contributed by atoms with E-state index in [1.165, 1.54) is 32.4 Å². The molecule has 2 saturated heterocycles. The van der Waals surface area contributed by atoms with E-state index < -0.39 is 0 Å². The van der Waals surface area contributed by atoms with Crippen LogP contribution in [0.3, 0.4) is 0 Å². The number of nitrogens with zero attached hydrogens (tertiary/aromatic N) is 3. The van der Waals surface area contributed by atoms with Crippen molar-refractivity contribution in [2.45, 2.75) is 45.6 Å². The van der Waals surface area contributed by atoms with Crippen LogP contribution in [-0.2, 0) is 17.8 Å². The predicted octanol–water partition coefficient (Wildman–Crippen LogP) is 2.54. The van der Waals surface area contributed by atoms with E-state index in [9.17, 15) is 4.79 Å². The van der Waals surface area contributed by atoms with Gasteiger partial charge >= 0.3 is 0 Å². The van der Waals surface area contributed by atoms with Crippen molar-refractivity contribution in [3.8, 4) is 0 Å². The Morgan fingerprint density at radius 2 is 2.14 bits per heavy atom.